The quantitative estimate of drug-likeness (QED) is 0.767. The number of carbonyl (C=O) groups excluding carboxylic acids is 1. The molecule has 5 heteroatoms. The predicted molar refractivity (Wildman–Crippen MR) is 69.8 cm³/mol. The average molecular weight is 281 g/mol. The first kappa shape index (κ1) is 13.6. The lowest BCUT2D eigenvalue weighted by Gasteiger charge is -2.26. The van der Waals surface area contributed by atoms with Crippen molar-refractivity contribution in [3.63, 3.8) is 0 Å². The van der Waals surface area contributed by atoms with E-state index in [9.17, 15) is 4.79 Å². The molecule has 16 heavy (non-hydrogen) atoms. The number of carbonyl (C=O) groups is 1. The molecule has 0 aromatic heterocycles. The Hall–Kier alpha value is -0.440. The molecular weight excluding hydrogens is 268 g/mol. The third kappa shape index (κ3) is 3.03. The van der Waals surface area contributed by atoms with Crippen LogP contribution in [-0.2, 0) is 4.79 Å². The van der Waals surface area contributed by atoms with Gasteiger partial charge in [-0.1, -0.05) is 23.2 Å². The number of hydrogen-bond donors (Lipinski definition) is 0. The zero-order valence-electron chi connectivity index (χ0n) is 9.01. The zero-order valence-corrected chi connectivity index (χ0v) is 11.3. The summed E-state index contributed by atoms with van der Waals surface area (Å²) >= 11 is 17.3. The summed E-state index contributed by atoms with van der Waals surface area (Å²) in [7, 11) is 0. The van der Waals surface area contributed by atoms with Gasteiger partial charge in [-0.05, 0) is 32.0 Å². The summed E-state index contributed by atoms with van der Waals surface area (Å²) in [5.74, 6) is -0.214. The van der Waals surface area contributed by atoms with E-state index in [1.807, 2.05) is 13.8 Å². The van der Waals surface area contributed by atoms with E-state index in [2.05, 4.69) is 0 Å². The highest BCUT2D eigenvalue weighted by molar-refractivity contribution is 6.42. The summed E-state index contributed by atoms with van der Waals surface area (Å²) in [4.78, 5) is 13.3. The van der Waals surface area contributed by atoms with Crippen molar-refractivity contribution in [1.82, 2.24) is 0 Å². The second-order valence-electron chi connectivity index (χ2n) is 3.59. The van der Waals surface area contributed by atoms with Crippen LogP contribution in [-0.4, -0.2) is 17.8 Å². The van der Waals surface area contributed by atoms with Gasteiger partial charge in [-0.2, -0.15) is 0 Å². The Balaban J connectivity index is 3.11. The Bertz CT molecular complexity index is 393. The van der Waals surface area contributed by atoms with Crippen molar-refractivity contribution in [1.29, 1.82) is 0 Å². The molecule has 0 aliphatic rings. The Morgan fingerprint density at radius 2 is 1.94 bits per heavy atom. The van der Waals surface area contributed by atoms with Gasteiger partial charge >= 0.3 is 0 Å². The topological polar surface area (TPSA) is 20.3 Å². The van der Waals surface area contributed by atoms with Crippen molar-refractivity contribution in [2.75, 3.05) is 10.8 Å². The second-order valence-corrected chi connectivity index (χ2v) is 4.67. The normalized spacial score (nSPS) is 10.6. The summed E-state index contributed by atoms with van der Waals surface area (Å²) in [5.41, 5.74) is 0.704. The first-order valence-electron chi connectivity index (χ1n) is 4.80. The van der Waals surface area contributed by atoms with Gasteiger partial charge in [0.15, 0.2) is 0 Å². The van der Waals surface area contributed by atoms with Crippen LogP contribution in [0.4, 0.5) is 5.69 Å². The Labute approximate surface area is 110 Å². The van der Waals surface area contributed by atoms with E-state index in [0.29, 0.717) is 15.7 Å². The maximum atomic E-state index is 11.7. The molecule has 0 radical (unpaired) electrons. The molecule has 1 aromatic rings. The van der Waals surface area contributed by atoms with Crippen molar-refractivity contribution >= 4 is 46.4 Å². The molecule has 0 fully saturated rings. The first-order valence-corrected chi connectivity index (χ1v) is 6.09. The van der Waals surface area contributed by atoms with Gasteiger partial charge in [0, 0.05) is 11.7 Å². The largest absolute Gasteiger partial charge is 0.309 e. The molecule has 0 N–H and O–H groups in total. The fraction of sp³-hybridized carbons (Fsp3) is 0.364. The average Bonchev–Trinajstić information content (AvgIpc) is 2.22. The summed E-state index contributed by atoms with van der Waals surface area (Å²) in [6, 6.07) is 5.09. The van der Waals surface area contributed by atoms with Crippen LogP contribution in [0.15, 0.2) is 18.2 Å². The molecule has 0 atom stereocenters. The number of anilines is 1. The van der Waals surface area contributed by atoms with Crippen LogP contribution < -0.4 is 4.90 Å². The van der Waals surface area contributed by atoms with E-state index in [0.717, 1.165) is 0 Å². The van der Waals surface area contributed by atoms with Crippen LogP contribution in [0.2, 0.25) is 10.0 Å². The zero-order chi connectivity index (χ0) is 12.3. The predicted octanol–water partition coefficient (Wildman–Crippen LogP) is 3.97. The van der Waals surface area contributed by atoms with Gasteiger partial charge in [0.05, 0.1) is 10.0 Å². The highest BCUT2D eigenvalue weighted by Gasteiger charge is 2.18. The van der Waals surface area contributed by atoms with Crippen LogP contribution in [0, 0.1) is 0 Å². The third-order valence-corrected chi connectivity index (χ3v) is 3.05. The van der Waals surface area contributed by atoms with Crippen molar-refractivity contribution in [2.45, 2.75) is 19.9 Å². The molecule has 0 aliphatic carbocycles. The highest BCUT2D eigenvalue weighted by atomic mass is 35.5. The van der Waals surface area contributed by atoms with Gasteiger partial charge in [0.1, 0.15) is 5.88 Å². The van der Waals surface area contributed by atoms with Crippen LogP contribution in [0.25, 0.3) is 0 Å². The number of alkyl halides is 1. The fourth-order valence-corrected chi connectivity index (χ4v) is 1.85. The molecule has 0 unspecified atom stereocenters. The fourth-order valence-electron chi connectivity index (χ4n) is 1.43. The molecule has 0 saturated heterocycles. The monoisotopic (exact) mass is 279 g/mol. The lowest BCUT2D eigenvalue weighted by atomic mass is 10.2. The summed E-state index contributed by atoms with van der Waals surface area (Å²) in [6.45, 7) is 3.82. The maximum Gasteiger partial charge on any atom is 0.242 e. The molecule has 0 bridgehead atoms. The van der Waals surface area contributed by atoms with Crippen molar-refractivity contribution in [2.24, 2.45) is 0 Å². The van der Waals surface area contributed by atoms with E-state index < -0.39 is 0 Å². The summed E-state index contributed by atoms with van der Waals surface area (Å²) in [6.07, 6.45) is 0. The number of benzene rings is 1. The maximum absolute atomic E-state index is 11.7. The highest BCUT2D eigenvalue weighted by Crippen LogP contribution is 2.28. The van der Waals surface area contributed by atoms with Gasteiger partial charge in [-0.15, -0.1) is 11.6 Å². The second kappa shape index (κ2) is 5.76. The van der Waals surface area contributed by atoms with E-state index in [4.69, 9.17) is 34.8 Å². The smallest absolute Gasteiger partial charge is 0.242 e. The van der Waals surface area contributed by atoms with Crippen molar-refractivity contribution in [3.8, 4) is 0 Å². The van der Waals surface area contributed by atoms with E-state index in [1.54, 1.807) is 23.1 Å². The molecule has 0 saturated carbocycles. The number of hydrogen-bond acceptors (Lipinski definition) is 1. The molecule has 0 aliphatic heterocycles. The van der Waals surface area contributed by atoms with Gasteiger partial charge in [-0.25, -0.2) is 0 Å². The SMILES string of the molecule is CC(C)N(C(=O)CCl)c1ccc(Cl)c(Cl)c1. The lowest BCUT2D eigenvalue weighted by molar-refractivity contribution is -0.116. The molecule has 1 rings (SSSR count). The molecule has 1 amide bonds. The van der Waals surface area contributed by atoms with Crippen molar-refractivity contribution in [3.05, 3.63) is 28.2 Å². The Morgan fingerprint density at radius 3 is 2.38 bits per heavy atom. The molecular formula is C11H12Cl3NO. The van der Waals surface area contributed by atoms with Gasteiger partial charge in [-0.3, -0.25) is 4.79 Å². The molecule has 0 spiro atoms. The number of rotatable bonds is 3. The summed E-state index contributed by atoms with van der Waals surface area (Å²) < 4.78 is 0. The third-order valence-electron chi connectivity index (χ3n) is 2.08. The minimum Gasteiger partial charge on any atom is -0.309 e. The number of nitrogens with zero attached hydrogens (tertiary/aromatic N) is 1. The van der Waals surface area contributed by atoms with E-state index >= 15 is 0 Å². The van der Waals surface area contributed by atoms with Gasteiger partial charge in [0.2, 0.25) is 5.91 Å². The Morgan fingerprint density at radius 1 is 1.31 bits per heavy atom. The number of amides is 1. The van der Waals surface area contributed by atoms with E-state index in [-0.39, 0.29) is 17.8 Å². The standard InChI is InChI=1S/C11H12Cl3NO/c1-7(2)15(11(16)6-12)8-3-4-9(13)10(14)5-8/h3-5,7H,6H2,1-2H3. The molecule has 2 nitrogen and oxygen atoms in total. The van der Waals surface area contributed by atoms with Crippen LogP contribution in [0.5, 0.6) is 0 Å². The van der Waals surface area contributed by atoms with Gasteiger partial charge < -0.3 is 4.90 Å². The van der Waals surface area contributed by atoms with Crippen molar-refractivity contribution < 1.29 is 4.79 Å². The lowest BCUT2D eigenvalue weighted by Crippen LogP contribution is -2.37. The number of halogens is 3. The van der Waals surface area contributed by atoms with Gasteiger partial charge in [0.25, 0.3) is 0 Å². The van der Waals surface area contributed by atoms with Crippen LogP contribution in [0.1, 0.15) is 13.8 Å². The van der Waals surface area contributed by atoms with Crippen LogP contribution in [0.3, 0.4) is 0 Å². The van der Waals surface area contributed by atoms with Crippen LogP contribution >= 0.6 is 34.8 Å². The summed E-state index contributed by atoms with van der Waals surface area (Å²) in [5, 5.41) is 0.889. The molecule has 0 heterocycles. The minimum absolute atomic E-state index is 0.0171. The molecule has 1 aromatic carbocycles. The molecule has 88 valence electrons. The Kier molecular flexibility index (Phi) is 4.90. The minimum atomic E-state index is -0.157. The van der Waals surface area contributed by atoms with E-state index in [1.165, 1.54) is 0 Å². The first-order chi connectivity index (χ1) is 7.47.